The number of rotatable bonds is 3. The summed E-state index contributed by atoms with van der Waals surface area (Å²) < 4.78 is 11.5. The minimum atomic E-state index is -0.472. The molecule has 1 aromatic carbocycles. The van der Waals surface area contributed by atoms with Gasteiger partial charge in [0.1, 0.15) is 5.75 Å². The van der Waals surface area contributed by atoms with E-state index in [4.69, 9.17) is 9.47 Å². The van der Waals surface area contributed by atoms with Crippen LogP contribution in [0.5, 0.6) is 5.75 Å². The predicted molar refractivity (Wildman–Crippen MR) is 81.3 cm³/mol. The minimum Gasteiger partial charge on any atom is -0.490 e. The van der Waals surface area contributed by atoms with Crippen molar-refractivity contribution in [1.29, 1.82) is 0 Å². The van der Waals surface area contributed by atoms with E-state index < -0.39 is 5.97 Å². The fourth-order valence-electron chi connectivity index (χ4n) is 1.93. The standard InChI is InChI=1S/C15H16BrNO3/c1-8(2)20-13-7-12(15(18)19-4)17-14-9(3)11(16)6-5-10(13)14/h5-8H,1-4H3. The predicted octanol–water partition coefficient (Wildman–Crippen LogP) is 3.88. The van der Waals surface area contributed by atoms with Crippen LogP contribution < -0.4 is 4.74 Å². The third-order valence-corrected chi connectivity index (χ3v) is 3.75. The van der Waals surface area contributed by atoms with Gasteiger partial charge in [0.25, 0.3) is 0 Å². The molecule has 0 saturated carbocycles. The Hall–Kier alpha value is -1.62. The first-order valence-corrected chi connectivity index (χ1v) is 7.08. The van der Waals surface area contributed by atoms with E-state index in [-0.39, 0.29) is 11.8 Å². The Morgan fingerprint density at radius 3 is 2.65 bits per heavy atom. The molecule has 20 heavy (non-hydrogen) atoms. The number of methoxy groups -OCH3 is 1. The average Bonchev–Trinajstić information content (AvgIpc) is 2.41. The highest BCUT2D eigenvalue weighted by Gasteiger charge is 2.16. The summed E-state index contributed by atoms with van der Waals surface area (Å²) in [5, 5.41) is 0.882. The molecule has 0 radical (unpaired) electrons. The van der Waals surface area contributed by atoms with E-state index in [0.717, 1.165) is 20.9 Å². The van der Waals surface area contributed by atoms with Crippen LogP contribution in [0.1, 0.15) is 29.9 Å². The van der Waals surface area contributed by atoms with Gasteiger partial charge in [0.05, 0.1) is 18.7 Å². The lowest BCUT2D eigenvalue weighted by atomic mass is 10.1. The summed E-state index contributed by atoms with van der Waals surface area (Å²) in [7, 11) is 1.34. The third-order valence-electron chi connectivity index (χ3n) is 2.89. The lowest BCUT2D eigenvalue weighted by Gasteiger charge is -2.14. The van der Waals surface area contributed by atoms with Gasteiger partial charge in [-0.3, -0.25) is 0 Å². The SMILES string of the molecule is COC(=O)c1cc(OC(C)C)c2ccc(Br)c(C)c2n1. The van der Waals surface area contributed by atoms with Crippen LogP contribution >= 0.6 is 15.9 Å². The van der Waals surface area contributed by atoms with Crippen LogP contribution in [0.25, 0.3) is 10.9 Å². The number of hydrogen-bond acceptors (Lipinski definition) is 4. The maximum atomic E-state index is 11.7. The molecule has 4 nitrogen and oxygen atoms in total. The zero-order chi connectivity index (χ0) is 14.9. The summed E-state index contributed by atoms with van der Waals surface area (Å²) in [6.07, 6.45) is 0.00931. The fourth-order valence-corrected chi connectivity index (χ4v) is 2.25. The summed E-state index contributed by atoms with van der Waals surface area (Å²) in [5.74, 6) is 0.167. The molecule has 0 fully saturated rings. The van der Waals surface area contributed by atoms with Crippen LogP contribution in [0, 0.1) is 6.92 Å². The van der Waals surface area contributed by atoms with Gasteiger partial charge < -0.3 is 9.47 Å². The summed E-state index contributed by atoms with van der Waals surface area (Å²) in [5.41, 5.74) is 1.94. The van der Waals surface area contributed by atoms with Gasteiger partial charge in [0.2, 0.25) is 0 Å². The Morgan fingerprint density at radius 1 is 1.35 bits per heavy atom. The quantitative estimate of drug-likeness (QED) is 0.797. The van der Waals surface area contributed by atoms with Crippen molar-refractivity contribution in [3.63, 3.8) is 0 Å². The molecule has 0 bridgehead atoms. The molecule has 0 saturated heterocycles. The summed E-state index contributed by atoms with van der Waals surface area (Å²) in [4.78, 5) is 16.1. The number of ether oxygens (including phenoxy) is 2. The topological polar surface area (TPSA) is 48.4 Å². The molecule has 2 aromatic rings. The largest absolute Gasteiger partial charge is 0.490 e. The lowest BCUT2D eigenvalue weighted by Crippen LogP contribution is -2.10. The number of aryl methyl sites for hydroxylation is 1. The average molecular weight is 338 g/mol. The molecule has 0 spiro atoms. The number of esters is 1. The first kappa shape index (κ1) is 14.8. The maximum Gasteiger partial charge on any atom is 0.356 e. The van der Waals surface area contributed by atoms with Crippen molar-refractivity contribution >= 4 is 32.8 Å². The first-order valence-electron chi connectivity index (χ1n) is 6.29. The number of nitrogens with zero attached hydrogens (tertiary/aromatic N) is 1. The fraction of sp³-hybridized carbons (Fsp3) is 0.333. The second kappa shape index (κ2) is 5.79. The van der Waals surface area contributed by atoms with Crippen molar-refractivity contribution < 1.29 is 14.3 Å². The monoisotopic (exact) mass is 337 g/mol. The summed E-state index contributed by atoms with van der Waals surface area (Å²) >= 11 is 3.47. The second-order valence-electron chi connectivity index (χ2n) is 4.73. The highest BCUT2D eigenvalue weighted by Crippen LogP contribution is 2.32. The van der Waals surface area contributed by atoms with Crippen LogP contribution in [0.4, 0.5) is 0 Å². The van der Waals surface area contributed by atoms with Crippen LogP contribution in [-0.4, -0.2) is 24.2 Å². The van der Waals surface area contributed by atoms with Crippen molar-refractivity contribution in [2.24, 2.45) is 0 Å². The smallest absolute Gasteiger partial charge is 0.356 e. The highest BCUT2D eigenvalue weighted by molar-refractivity contribution is 9.10. The molecule has 2 rings (SSSR count). The molecule has 0 atom stereocenters. The van der Waals surface area contributed by atoms with Crippen LogP contribution in [0.15, 0.2) is 22.7 Å². The zero-order valence-electron chi connectivity index (χ0n) is 11.9. The molecule has 0 amide bonds. The van der Waals surface area contributed by atoms with Gasteiger partial charge in [-0.15, -0.1) is 0 Å². The van der Waals surface area contributed by atoms with Crippen molar-refractivity contribution in [2.75, 3.05) is 7.11 Å². The molecular formula is C15H16BrNO3. The number of pyridine rings is 1. The summed E-state index contributed by atoms with van der Waals surface area (Å²) in [6, 6.07) is 5.50. The second-order valence-corrected chi connectivity index (χ2v) is 5.59. The Kier molecular flexibility index (Phi) is 4.28. The van der Waals surface area contributed by atoms with Crippen molar-refractivity contribution in [3.8, 4) is 5.75 Å². The van der Waals surface area contributed by atoms with Crippen LogP contribution in [0.3, 0.4) is 0 Å². The first-order chi connectivity index (χ1) is 9.43. The van der Waals surface area contributed by atoms with Gasteiger partial charge >= 0.3 is 5.97 Å². The molecule has 0 unspecified atom stereocenters. The van der Waals surface area contributed by atoms with E-state index in [9.17, 15) is 4.79 Å². The van der Waals surface area contributed by atoms with E-state index in [2.05, 4.69) is 20.9 Å². The van der Waals surface area contributed by atoms with Gasteiger partial charge in [0.15, 0.2) is 5.69 Å². The van der Waals surface area contributed by atoms with Gasteiger partial charge in [-0.2, -0.15) is 0 Å². The molecule has 106 valence electrons. The zero-order valence-corrected chi connectivity index (χ0v) is 13.4. The number of benzene rings is 1. The maximum absolute atomic E-state index is 11.7. The molecule has 0 N–H and O–H groups in total. The molecule has 1 aromatic heterocycles. The van der Waals surface area contributed by atoms with Gasteiger partial charge in [0, 0.05) is 15.9 Å². The highest BCUT2D eigenvalue weighted by atomic mass is 79.9. The van der Waals surface area contributed by atoms with Crippen molar-refractivity contribution in [2.45, 2.75) is 26.9 Å². The van der Waals surface area contributed by atoms with E-state index >= 15 is 0 Å². The van der Waals surface area contributed by atoms with E-state index in [1.54, 1.807) is 6.07 Å². The van der Waals surface area contributed by atoms with Crippen LogP contribution in [-0.2, 0) is 4.74 Å². The molecule has 0 aliphatic heterocycles. The number of carbonyl (C=O) groups is 1. The lowest BCUT2D eigenvalue weighted by molar-refractivity contribution is 0.0593. The Bertz CT molecular complexity index is 668. The molecular weight excluding hydrogens is 322 g/mol. The van der Waals surface area contributed by atoms with Gasteiger partial charge in [-0.25, -0.2) is 9.78 Å². The van der Waals surface area contributed by atoms with Gasteiger partial charge in [-0.1, -0.05) is 15.9 Å². The van der Waals surface area contributed by atoms with E-state index in [0.29, 0.717) is 5.75 Å². The van der Waals surface area contributed by atoms with Crippen molar-refractivity contribution in [3.05, 3.63) is 33.9 Å². The molecule has 5 heteroatoms. The number of fused-ring (bicyclic) bond motifs is 1. The number of halogens is 1. The number of hydrogen-bond donors (Lipinski definition) is 0. The Labute approximate surface area is 126 Å². The normalized spacial score (nSPS) is 10.9. The third kappa shape index (κ3) is 2.77. The number of carbonyl (C=O) groups excluding carboxylic acids is 1. The Morgan fingerprint density at radius 2 is 2.05 bits per heavy atom. The van der Waals surface area contributed by atoms with E-state index in [1.165, 1.54) is 7.11 Å². The molecule has 0 aliphatic carbocycles. The van der Waals surface area contributed by atoms with Crippen LogP contribution in [0.2, 0.25) is 0 Å². The Balaban J connectivity index is 2.74. The summed E-state index contributed by atoms with van der Waals surface area (Å²) in [6.45, 7) is 5.82. The van der Waals surface area contributed by atoms with Crippen molar-refractivity contribution in [1.82, 2.24) is 4.98 Å². The molecule has 0 aliphatic rings. The minimum absolute atomic E-state index is 0.00931. The van der Waals surface area contributed by atoms with E-state index in [1.807, 2.05) is 32.9 Å². The van der Waals surface area contributed by atoms with Gasteiger partial charge in [-0.05, 0) is 38.5 Å². The number of aromatic nitrogens is 1. The molecule has 1 heterocycles.